The maximum absolute atomic E-state index is 6.48. The summed E-state index contributed by atoms with van der Waals surface area (Å²) in [5, 5.41) is 0. The van der Waals surface area contributed by atoms with Crippen molar-refractivity contribution in [2.75, 3.05) is 13.6 Å². The van der Waals surface area contributed by atoms with E-state index in [1.54, 1.807) is 0 Å². The Morgan fingerprint density at radius 2 is 1.89 bits per heavy atom. The van der Waals surface area contributed by atoms with Crippen molar-refractivity contribution in [3.63, 3.8) is 0 Å². The van der Waals surface area contributed by atoms with Gasteiger partial charge in [0.25, 0.3) is 0 Å². The molecule has 1 aliphatic carbocycles. The number of hydrogen-bond donors (Lipinski definition) is 1. The van der Waals surface area contributed by atoms with Crippen LogP contribution in [0.1, 0.15) is 60.3 Å². The standard InChI is InChI=1S/C16H34N2/c1-12(2)10-13(3)18(6)11-14-8-7-9-16(4,5)15(14)17/h12-15H,7-11,17H2,1-6H3. The van der Waals surface area contributed by atoms with E-state index in [2.05, 4.69) is 46.6 Å². The molecule has 3 atom stereocenters. The first kappa shape index (κ1) is 16.0. The Morgan fingerprint density at radius 1 is 1.28 bits per heavy atom. The number of nitrogens with two attached hydrogens (primary N) is 1. The van der Waals surface area contributed by atoms with Gasteiger partial charge in [-0.05, 0) is 50.5 Å². The maximum Gasteiger partial charge on any atom is 0.0131 e. The predicted molar refractivity (Wildman–Crippen MR) is 80.6 cm³/mol. The zero-order valence-electron chi connectivity index (χ0n) is 13.4. The quantitative estimate of drug-likeness (QED) is 0.813. The Bertz CT molecular complexity index is 247. The Hall–Kier alpha value is -0.0800. The van der Waals surface area contributed by atoms with E-state index in [-0.39, 0.29) is 0 Å². The van der Waals surface area contributed by atoms with Crippen molar-refractivity contribution in [2.24, 2.45) is 23.0 Å². The Labute approximate surface area is 114 Å². The van der Waals surface area contributed by atoms with Crippen molar-refractivity contribution >= 4 is 0 Å². The van der Waals surface area contributed by atoms with Crippen molar-refractivity contribution in [3.05, 3.63) is 0 Å². The summed E-state index contributed by atoms with van der Waals surface area (Å²) in [5.41, 5.74) is 6.80. The molecule has 0 radical (unpaired) electrons. The fraction of sp³-hybridized carbons (Fsp3) is 1.00. The van der Waals surface area contributed by atoms with Crippen molar-refractivity contribution in [1.82, 2.24) is 4.90 Å². The van der Waals surface area contributed by atoms with Crippen LogP contribution in [-0.4, -0.2) is 30.6 Å². The summed E-state index contributed by atoms with van der Waals surface area (Å²) >= 11 is 0. The summed E-state index contributed by atoms with van der Waals surface area (Å²) in [5.74, 6) is 1.45. The second-order valence-corrected chi connectivity index (χ2v) is 7.58. The van der Waals surface area contributed by atoms with Crippen molar-refractivity contribution < 1.29 is 0 Å². The maximum atomic E-state index is 6.48. The van der Waals surface area contributed by atoms with Crippen molar-refractivity contribution in [3.8, 4) is 0 Å². The van der Waals surface area contributed by atoms with Crippen LogP contribution < -0.4 is 5.73 Å². The van der Waals surface area contributed by atoms with Gasteiger partial charge in [-0.2, -0.15) is 0 Å². The summed E-state index contributed by atoms with van der Waals surface area (Å²) in [6, 6.07) is 1.03. The van der Waals surface area contributed by atoms with E-state index < -0.39 is 0 Å². The van der Waals surface area contributed by atoms with E-state index in [0.717, 1.165) is 5.92 Å². The van der Waals surface area contributed by atoms with Gasteiger partial charge in [-0.1, -0.05) is 34.1 Å². The van der Waals surface area contributed by atoms with E-state index in [1.165, 1.54) is 32.2 Å². The van der Waals surface area contributed by atoms with Crippen LogP contribution in [0.3, 0.4) is 0 Å². The van der Waals surface area contributed by atoms with Crippen LogP contribution in [0.15, 0.2) is 0 Å². The van der Waals surface area contributed by atoms with Gasteiger partial charge < -0.3 is 10.6 Å². The van der Waals surface area contributed by atoms with Gasteiger partial charge in [0.1, 0.15) is 0 Å². The normalized spacial score (nSPS) is 29.8. The summed E-state index contributed by atoms with van der Waals surface area (Å²) < 4.78 is 0. The summed E-state index contributed by atoms with van der Waals surface area (Å²) in [4.78, 5) is 2.52. The fourth-order valence-corrected chi connectivity index (χ4v) is 3.42. The average molecular weight is 254 g/mol. The highest BCUT2D eigenvalue weighted by Gasteiger charge is 2.36. The minimum absolute atomic E-state index is 0.324. The first-order valence-electron chi connectivity index (χ1n) is 7.70. The Morgan fingerprint density at radius 3 is 2.44 bits per heavy atom. The minimum atomic E-state index is 0.324. The van der Waals surface area contributed by atoms with Gasteiger partial charge in [0.05, 0.1) is 0 Å². The summed E-state index contributed by atoms with van der Waals surface area (Å²) in [6.45, 7) is 12.8. The lowest BCUT2D eigenvalue weighted by Gasteiger charge is -2.44. The molecule has 1 saturated carbocycles. The van der Waals surface area contributed by atoms with Crippen LogP contribution in [0.25, 0.3) is 0 Å². The number of rotatable bonds is 5. The predicted octanol–water partition coefficient (Wildman–Crippen LogP) is 3.51. The van der Waals surface area contributed by atoms with Gasteiger partial charge in [-0.3, -0.25) is 0 Å². The molecule has 0 aromatic carbocycles. The van der Waals surface area contributed by atoms with Gasteiger partial charge in [0, 0.05) is 18.6 Å². The highest BCUT2D eigenvalue weighted by atomic mass is 15.1. The molecule has 0 spiro atoms. The van der Waals surface area contributed by atoms with Crippen LogP contribution in [-0.2, 0) is 0 Å². The molecule has 18 heavy (non-hydrogen) atoms. The van der Waals surface area contributed by atoms with E-state index >= 15 is 0 Å². The molecule has 2 nitrogen and oxygen atoms in total. The summed E-state index contributed by atoms with van der Waals surface area (Å²) in [7, 11) is 2.27. The van der Waals surface area contributed by atoms with E-state index in [1.807, 2.05) is 0 Å². The molecule has 0 aromatic rings. The molecule has 2 heteroatoms. The Kier molecular flexibility index (Phi) is 5.67. The lowest BCUT2D eigenvalue weighted by atomic mass is 9.68. The van der Waals surface area contributed by atoms with E-state index in [9.17, 15) is 0 Å². The largest absolute Gasteiger partial charge is 0.327 e. The molecule has 3 unspecified atom stereocenters. The zero-order chi connectivity index (χ0) is 13.9. The lowest BCUT2D eigenvalue weighted by molar-refractivity contribution is 0.0949. The molecule has 2 N–H and O–H groups in total. The van der Waals surface area contributed by atoms with E-state index in [0.29, 0.717) is 23.4 Å². The molecule has 1 aliphatic rings. The van der Waals surface area contributed by atoms with Crippen LogP contribution >= 0.6 is 0 Å². The van der Waals surface area contributed by atoms with Crippen LogP contribution in [0.2, 0.25) is 0 Å². The molecule has 0 aromatic heterocycles. The molecule has 0 bridgehead atoms. The molecule has 0 amide bonds. The molecule has 0 saturated heterocycles. The topological polar surface area (TPSA) is 29.3 Å². The number of nitrogens with zero attached hydrogens (tertiary/aromatic N) is 1. The second kappa shape index (κ2) is 6.38. The van der Waals surface area contributed by atoms with Crippen LogP contribution in [0, 0.1) is 17.3 Å². The third-order valence-electron chi connectivity index (χ3n) is 4.89. The molecule has 0 heterocycles. The SMILES string of the molecule is CC(C)CC(C)N(C)CC1CCCC(C)(C)C1N. The van der Waals surface area contributed by atoms with Crippen LogP contribution in [0.4, 0.5) is 0 Å². The van der Waals surface area contributed by atoms with Crippen LogP contribution in [0.5, 0.6) is 0 Å². The smallest absolute Gasteiger partial charge is 0.0131 e. The van der Waals surface area contributed by atoms with Gasteiger partial charge in [0.15, 0.2) is 0 Å². The highest BCUT2D eigenvalue weighted by Crippen LogP contribution is 2.38. The third-order valence-corrected chi connectivity index (χ3v) is 4.89. The van der Waals surface area contributed by atoms with Crippen molar-refractivity contribution in [2.45, 2.75) is 72.4 Å². The zero-order valence-corrected chi connectivity index (χ0v) is 13.4. The Balaban J connectivity index is 2.50. The van der Waals surface area contributed by atoms with Gasteiger partial charge in [-0.25, -0.2) is 0 Å². The molecular formula is C16H34N2. The molecule has 1 rings (SSSR count). The molecule has 1 fully saturated rings. The first-order chi connectivity index (χ1) is 8.24. The monoisotopic (exact) mass is 254 g/mol. The fourth-order valence-electron chi connectivity index (χ4n) is 3.42. The molecular weight excluding hydrogens is 220 g/mol. The van der Waals surface area contributed by atoms with E-state index in [4.69, 9.17) is 5.73 Å². The molecule has 0 aliphatic heterocycles. The van der Waals surface area contributed by atoms with Crippen molar-refractivity contribution in [1.29, 1.82) is 0 Å². The third kappa shape index (κ3) is 4.24. The van der Waals surface area contributed by atoms with Gasteiger partial charge >= 0.3 is 0 Å². The average Bonchev–Trinajstić information content (AvgIpc) is 2.23. The van der Waals surface area contributed by atoms with Gasteiger partial charge in [-0.15, -0.1) is 0 Å². The minimum Gasteiger partial charge on any atom is -0.327 e. The van der Waals surface area contributed by atoms with Gasteiger partial charge in [0.2, 0.25) is 0 Å². The summed E-state index contributed by atoms with van der Waals surface area (Å²) in [6.07, 6.45) is 5.22. The number of hydrogen-bond acceptors (Lipinski definition) is 2. The second-order valence-electron chi connectivity index (χ2n) is 7.58. The highest BCUT2D eigenvalue weighted by molar-refractivity contribution is 4.92. The first-order valence-corrected chi connectivity index (χ1v) is 7.70. The lowest BCUT2D eigenvalue weighted by Crippen LogP contribution is -2.50. The molecule has 108 valence electrons.